The molecule has 1 amide bonds. The highest BCUT2D eigenvalue weighted by Gasteiger charge is 2.30. The van der Waals surface area contributed by atoms with E-state index in [1.807, 2.05) is 13.8 Å². The molecule has 0 bridgehead atoms. The van der Waals surface area contributed by atoms with E-state index in [1.165, 1.54) is 0 Å². The molecule has 1 aliphatic heterocycles. The third-order valence-corrected chi connectivity index (χ3v) is 4.36. The van der Waals surface area contributed by atoms with Crippen LogP contribution in [-0.4, -0.2) is 59.0 Å². The van der Waals surface area contributed by atoms with Crippen LogP contribution in [0.4, 0.5) is 5.95 Å². The molecule has 0 unspecified atom stereocenters. The maximum Gasteiger partial charge on any atom is 0.235 e. The van der Waals surface area contributed by atoms with Crippen LogP contribution < -0.4 is 10.2 Å². The first-order valence-corrected chi connectivity index (χ1v) is 7.91. The standard InChI is InChI=1S/C16H24N6O/c1-13(2)16(3,12-17)20-14(23)11-21-7-9-22(10-8-21)15-18-5-4-6-19-15/h4-6,13H,7-11H2,1-3H3,(H,20,23)/t16-/m0/s1. The number of carbonyl (C=O) groups is 1. The Balaban J connectivity index is 1.82. The molecule has 0 radical (unpaired) electrons. The maximum atomic E-state index is 12.2. The molecule has 1 saturated heterocycles. The Kier molecular flexibility index (Phi) is 5.50. The van der Waals surface area contributed by atoms with Crippen LogP contribution in [0.15, 0.2) is 18.5 Å². The van der Waals surface area contributed by atoms with Gasteiger partial charge in [0.2, 0.25) is 11.9 Å². The monoisotopic (exact) mass is 316 g/mol. The number of piperazine rings is 1. The molecule has 124 valence electrons. The Hall–Kier alpha value is -2.20. The van der Waals surface area contributed by atoms with Crippen LogP contribution in [-0.2, 0) is 4.79 Å². The average molecular weight is 316 g/mol. The third kappa shape index (κ3) is 4.39. The molecule has 1 aliphatic rings. The van der Waals surface area contributed by atoms with E-state index in [0.29, 0.717) is 6.54 Å². The Morgan fingerprint density at radius 3 is 2.48 bits per heavy atom. The summed E-state index contributed by atoms with van der Waals surface area (Å²) in [4.78, 5) is 24.9. The van der Waals surface area contributed by atoms with Gasteiger partial charge in [0, 0.05) is 38.6 Å². The SMILES string of the molecule is CC(C)[C@](C)(C#N)NC(=O)CN1CCN(c2ncccn2)CC1. The second-order valence-electron chi connectivity index (χ2n) is 6.33. The van der Waals surface area contributed by atoms with Gasteiger partial charge in [-0.3, -0.25) is 9.69 Å². The second kappa shape index (κ2) is 7.38. The Morgan fingerprint density at radius 2 is 1.96 bits per heavy atom. The van der Waals surface area contributed by atoms with E-state index < -0.39 is 5.54 Å². The van der Waals surface area contributed by atoms with Gasteiger partial charge in [-0.25, -0.2) is 9.97 Å². The molecule has 0 spiro atoms. The summed E-state index contributed by atoms with van der Waals surface area (Å²) in [5, 5.41) is 12.1. The van der Waals surface area contributed by atoms with Crippen LogP contribution in [0.25, 0.3) is 0 Å². The van der Waals surface area contributed by atoms with Gasteiger partial charge in [-0.2, -0.15) is 5.26 Å². The Bertz CT molecular complexity index is 562. The summed E-state index contributed by atoms with van der Waals surface area (Å²) >= 11 is 0. The van der Waals surface area contributed by atoms with Crippen LogP contribution in [0.2, 0.25) is 0 Å². The van der Waals surface area contributed by atoms with Gasteiger partial charge in [0.05, 0.1) is 12.6 Å². The lowest BCUT2D eigenvalue weighted by Crippen LogP contribution is -2.54. The van der Waals surface area contributed by atoms with Crippen molar-refractivity contribution >= 4 is 11.9 Å². The van der Waals surface area contributed by atoms with E-state index in [4.69, 9.17) is 0 Å². The summed E-state index contributed by atoms with van der Waals surface area (Å²) in [6.45, 7) is 9.07. The minimum Gasteiger partial charge on any atom is -0.338 e. The second-order valence-corrected chi connectivity index (χ2v) is 6.33. The number of nitriles is 1. The molecular formula is C16H24N6O. The van der Waals surface area contributed by atoms with E-state index in [1.54, 1.807) is 25.4 Å². The number of hydrogen-bond donors (Lipinski definition) is 1. The van der Waals surface area contributed by atoms with Gasteiger partial charge < -0.3 is 10.2 Å². The first-order valence-electron chi connectivity index (χ1n) is 7.91. The molecule has 1 N–H and O–H groups in total. The zero-order valence-electron chi connectivity index (χ0n) is 14.0. The fourth-order valence-corrected chi connectivity index (χ4v) is 2.39. The quantitative estimate of drug-likeness (QED) is 0.858. The van der Waals surface area contributed by atoms with E-state index in [2.05, 4.69) is 31.2 Å². The molecule has 0 saturated carbocycles. The van der Waals surface area contributed by atoms with Crippen molar-refractivity contribution in [2.24, 2.45) is 5.92 Å². The minimum absolute atomic E-state index is 0.0588. The molecule has 7 nitrogen and oxygen atoms in total. The van der Waals surface area contributed by atoms with Crippen molar-refractivity contribution < 1.29 is 4.79 Å². The van der Waals surface area contributed by atoms with E-state index >= 15 is 0 Å². The fraction of sp³-hybridized carbons (Fsp3) is 0.625. The largest absolute Gasteiger partial charge is 0.338 e. The van der Waals surface area contributed by atoms with Crippen molar-refractivity contribution in [2.45, 2.75) is 26.3 Å². The predicted octanol–water partition coefficient (Wildman–Crippen LogP) is 0.653. The van der Waals surface area contributed by atoms with Crippen molar-refractivity contribution in [2.75, 3.05) is 37.6 Å². The number of hydrogen-bond acceptors (Lipinski definition) is 6. The van der Waals surface area contributed by atoms with Crippen LogP contribution in [0.1, 0.15) is 20.8 Å². The van der Waals surface area contributed by atoms with Gasteiger partial charge >= 0.3 is 0 Å². The molecule has 0 aliphatic carbocycles. The van der Waals surface area contributed by atoms with Crippen LogP contribution in [0, 0.1) is 17.2 Å². The van der Waals surface area contributed by atoms with Gasteiger partial charge in [-0.05, 0) is 18.9 Å². The Morgan fingerprint density at radius 1 is 1.35 bits per heavy atom. The van der Waals surface area contributed by atoms with Gasteiger partial charge in [-0.1, -0.05) is 13.8 Å². The van der Waals surface area contributed by atoms with Crippen molar-refractivity contribution in [1.29, 1.82) is 5.26 Å². The average Bonchev–Trinajstić information content (AvgIpc) is 2.56. The van der Waals surface area contributed by atoms with E-state index in [9.17, 15) is 10.1 Å². The number of anilines is 1. The zero-order chi connectivity index (χ0) is 16.9. The molecule has 1 fully saturated rings. The smallest absolute Gasteiger partial charge is 0.235 e. The van der Waals surface area contributed by atoms with Crippen LogP contribution >= 0.6 is 0 Å². The van der Waals surface area contributed by atoms with Crippen molar-refractivity contribution in [1.82, 2.24) is 20.2 Å². The maximum absolute atomic E-state index is 12.2. The fourth-order valence-electron chi connectivity index (χ4n) is 2.39. The summed E-state index contributed by atoms with van der Waals surface area (Å²) in [6.07, 6.45) is 3.47. The summed E-state index contributed by atoms with van der Waals surface area (Å²) < 4.78 is 0. The van der Waals surface area contributed by atoms with Gasteiger partial charge in [-0.15, -0.1) is 0 Å². The summed E-state index contributed by atoms with van der Waals surface area (Å²) in [6, 6.07) is 4.00. The molecule has 2 heterocycles. The zero-order valence-corrected chi connectivity index (χ0v) is 14.0. The van der Waals surface area contributed by atoms with Crippen LogP contribution in [0.3, 0.4) is 0 Å². The van der Waals surface area contributed by atoms with E-state index in [-0.39, 0.29) is 11.8 Å². The number of nitrogens with zero attached hydrogens (tertiary/aromatic N) is 5. The molecule has 1 atom stereocenters. The number of carbonyl (C=O) groups excluding carboxylic acids is 1. The summed E-state index contributed by atoms with van der Waals surface area (Å²) in [5.74, 6) is 0.684. The van der Waals surface area contributed by atoms with Crippen molar-refractivity contribution in [3.05, 3.63) is 18.5 Å². The molecule has 0 aromatic carbocycles. The van der Waals surface area contributed by atoms with Crippen molar-refractivity contribution in [3.63, 3.8) is 0 Å². The molecular weight excluding hydrogens is 292 g/mol. The first kappa shape index (κ1) is 17.2. The van der Waals surface area contributed by atoms with Crippen molar-refractivity contribution in [3.8, 4) is 6.07 Å². The highest BCUT2D eigenvalue weighted by atomic mass is 16.2. The number of amides is 1. The lowest BCUT2D eigenvalue weighted by Gasteiger charge is -2.35. The number of aromatic nitrogens is 2. The summed E-state index contributed by atoms with van der Waals surface area (Å²) in [7, 11) is 0. The highest BCUT2D eigenvalue weighted by Crippen LogP contribution is 2.15. The number of nitrogens with one attached hydrogen (secondary N) is 1. The first-order chi connectivity index (χ1) is 10.9. The normalized spacial score (nSPS) is 18.3. The Labute approximate surface area is 137 Å². The number of rotatable bonds is 5. The predicted molar refractivity (Wildman–Crippen MR) is 87.7 cm³/mol. The molecule has 1 aromatic heterocycles. The molecule has 7 heteroatoms. The third-order valence-electron chi connectivity index (χ3n) is 4.36. The lowest BCUT2D eigenvalue weighted by molar-refractivity contribution is -0.124. The van der Waals surface area contributed by atoms with Gasteiger partial charge in [0.1, 0.15) is 5.54 Å². The highest BCUT2D eigenvalue weighted by molar-refractivity contribution is 5.79. The minimum atomic E-state index is -0.823. The van der Waals surface area contributed by atoms with Gasteiger partial charge in [0.15, 0.2) is 0 Å². The molecule has 23 heavy (non-hydrogen) atoms. The summed E-state index contributed by atoms with van der Waals surface area (Å²) in [5.41, 5.74) is -0.823. The lowest BCUT2D eigenvalue weighted by atomic mass is 9.90. The van der Waals surface area contributed by atoms with Gasteiger partial charge in [0.25, 0.3) is 0 Å². The molecule has 1 aromatic rings. The molecule has 2 rings (SSSR count). The van der Waals surface area contributed by atoms with Crippen LogP contribution in [0.5, 0.6) is 0 Å². The topological polar surface area (TPSA) is 85.2 Å². The van der Waals surface area contributed by atoms with E-state index in [0.717, 1.165) is 32.1 Å².